The van der Waals surface area contributed by atoms with Crippen molar-refractivity contribution in [3.8, 4) is 0 Å². The maximum absolute atomic E-state index is 5.99. The van der Waals surface area contributed by atoms with Crippen molar-refractivity contribution in [2.45, 2.75) is 86.5 Å². The van der Waals surface area contributed by atoms with Crippen molar-refractivity contribution in [3.63, 3.8) is 0 Å². The van der Waals surface area contributed by atoms with Crippen LogP contribution in [0, 0.1) is 5.41 Å². The number of rotatable bonds is 11. The van der Waals surface area contributed by atoms with E-state index >= 15 is 0 Å². The van der Waals surface area contributed by atoms with Gasteiger partial charge in [0.05, 0.1) is 0 Å². The maximum atomic E-state index is 5.99. The first-order chi connectivity index (χ1) is 13.0. The molecular weight excluding hydrogens is 438 g/mol. The Balaban J connectivity index is 2.18. The molecule has 1 saturated heterocycles. The molecule has 4 heteroatoms. The van der Waals surface area contributed by atoms with Crippen LogP contribution in [0.5, 0.6) is 0 Å². The molecule has 1 aliphatic rings. The molecule has 1 heterocycles. The van der Waals surface area contributed by atoms with E-state index in [-0.39, 0.29) is 12.5 Å². The molecule has 27 heavy (non-hydrogen) atoms. The van der Waals surface area contributed by atoms with Gasteiger partial charge in [0, 0.05) is 0 Å². The molecule has 2 rings (SSSR count). The summed E-state index contributed by atoms with van der Waals surface area (Å²) in [5.74, 6) is 0. The van der Waals surface area contributed by atoms with Crippen LogP contribution in [0.1, 0.15) is 73.1 Å². The van der Waals surface area contributed by atoms with Gasteiger partial charge < -0.3 is 0 Å². The first-order valence-electron chi connectivity index (χ1n) is 11.3. The van der Waals surface area contributed by atoms with Crippen LogP contribution in [0.25, 0.3) is 0 Å². The Morgan fingerprint density at radius 1 is 0.815 bits per heavy atom. The van der Waals surface area contributed by atoms with Gasteiger partial charge in [-0.2, -0.15) is 0 Å². The number of unbranched alkanes of at least 4 members (excludes halogenated alkanes) is 3. The minimum absolute atomic E-state index is 0.127. The third-order valence-corrected chi connectivity index (χ3v) is 21.7. The molecule has 0 saturated carbocycles. The predicted octanol–water partition coefficient (Wildman–Crippen LogP) is 5.51. The van der Waals surface area contributed by atoms with Gasteiger partial charge >= 0.3 is 173 Å². The molecule has 152 valence electrons. The Labute approximate surface area is 172 Å². The Morgan fingerprint density at radius 3 is 1.67 bits per heavy atom. The Kier molecular flexibility index (Phi) is 9.71. The summed E-state index contributed by atoms with van der Waals surface area (Å²) in [6, 6.07) is 9.51. The zero-order chi connectivity index (χ0) is 19.8. The SMILES string of the molecule is CCC[CH2][Sn]([CH2]CCC)([CH2]CCC)[c]1ccc(B2OCC(C)(C)CO2)cc1. The van der Waals surface area contributed by atoms with Crippen LogP contribution in [0.3, 0.4) is 0 Å². The molecule has 0 spiro atoms. The van der Waals surface area contributed by atoms with E-state index in [0.29, 0.717) is 0 Å². The third kappa shape index (κ3) is 6.78. The summed E-state index contributed by atoms with van der Waals surface area (Å²) in [5, 5.41) is 0. The first-order valence-corrected chi connectivity index (χ1v) is 18.8. The quantitative estimate of drug-likeness (QED) is 0.390. The molecule has 2 nitrogen and oxygen atoms in total. The average Bonchev–Trinajstić information content (AvgIpc) is 2.68. The summed E-state index contributed by atoms with van der Waals surface area (Å²) in [6.07, 6.45) is 8.22. The summed E-state index contributed by atoms with van der Waals surface area (Å²) in [6.45, 7) is 13.0. The van der Waals surface area contributed by atoms with Gasteiger partial charge in [-0.15, -0.1) is 0 Å². The second-order valence-corrected chi connectivity index (χ2v) is 22.6. The summed E-state index contributed by atoms with van der Waals surface area (Å²) in [4.78, 5) is 0. The summed E-state index contributed by atoms with van der Waals surface area (Å²) >= 11 is -2.31. The average molecular weight is 479 g/mol. The normalized spacial score (nSPS) is 17.3. The Hall–Kier alpha value is 0.00364. The van der Waals surface area contributed by atoms with Gasteiger partial charge in [-0.3, -0.25) is 0 Å². The standard InChI is InChI=1S/C11H14BO2.3C4H9.Sn/c1-11(2)8-13-12(14-9-11)10-6-4-3-5-7-10;3*1-3-4-2;/h4-7H,8-9H2,1-2H3;3*1,3-4H2,2H3;. The first kappa shape index (κ1) is 23.3. The van der Waals surface area contributed by atoms with E-state index in [9.17, 15) is 0 Å². The van der Waals surface area contributed by atoms with Crippen molar-refractivity contribution in [2.24, 2.45) is 5.41 Å². The fraction of sp³-hybridized carbons (Fsp3) is 0.739. The van der Waals surface area contributed by atoms with Crippen molar-refractivity contribution in [2.75, 3.05) is 13.2 Å². The topological polar surface area (TPSA) is 18.5 Å². The zero-order valence-corrected chi connectivity index (χ0v) is 21.3. The molecule has 0 atom stereocenters. The molecule has 0 radical (unpaired) electrons. The molecule has 0 bridgehead atoms. The molecule has 0 unspecified atom stereocenters. The van der Waals surface area contributed by atoms with Crippen LogP contribution in [-0.2, 0) is 9.31 Å². The van der Waals surface area contributed by atoms with E-state index in [1.54, 1.807) is 3.58 Å². The van der Waals surface area contributed by atoms with Crippen LogP contribution >= 0.6 is 0 Å². The second-order valence-electron chi connectivity index (χ2n) is 9.33. The van der Waals surface area contributed by atoms with E-state index in [0.717, 1.165) is 13.2 Å². The number of hydrogen-bond donors (Lipinski definition) is 0. The molecular formula is C23H41BO2Sn. The summed E-state index contributed by atoms with van der Waals surface area (Å²) < 4.78 is 18.3. The van der Waals surface area contributed by atoms with Gasteiger partial charge in [0.25, 0.3) is 0 Å². The molecule has 0 aromatic heterocycles. The van der Waals surface area contributed by atoms with Gasteiger partial charge in [-0.1, -0.05) is 0 Å². The van der Waals surface area contributed by atoms with Crippen molar-refractivity contribution in [3.05, 3.63) is 24.3 Å². The van der Waals surface area contributed by atoms with Crippen LogP contribution in [0.4, 0.5) is 0 Å². The van der Waals surface area contributed by atoms with E-state index < -0.39 is 18.4 Å². The van der Waals surface area contributed by atoms with Crippen molar-refractivity contribution in [1.29, 1.82) is 0 Å². The zero-order valence-electron chi connectivity index (χ0n) is 18.5. The fourth-order valence-electron chi connectivity index (χ4n) is 4.23. The van der Waals surface area contributed by atoms with E-state index in [4.69, 9.17) is 9.31 Å². The molecule has 0 amide bonds. The van der Waals surface area contributed by atoms with Crippen LogP contribution in [0.15, 0.2) is 24.3 Å². The van der Waals surface area contributed by atoms with E-state index in [1.165, 1.54) is 57.3 Å². The molecule has 1 fully saturated rings. The third-order valence-electron chi connectivity index (χ3n) is 6.07. The molecule has 1 aromatic rings. The van der Waals surface area contributed by atoms with Crippen molar-refractivity contribution >= 4 is 34.5 Å². The predicted molar refractivity (Wildman–Crippen MR) is 122 cm³/mol. The second kappa shape index (κ2) is 11.3. The van der Waals surface area contributed by atoms with Gasteiger partial charge in [0.2, 0.25) is 0 Å². The molecule has 0 aliphatic carbocycles. The van der Waals surface area contributed by atoms with Crippen molar-refractivity contribution < 1.29 is 9.31 Å². The van der Waals surface area contributed by atoms with Gasteiger partial charge in [0.15, 0.2) is 0 Å². The monoisotopic (exact) mass is 480 g/mol. The fourth-order valence-corrected chi connectivity index (χ4v) is 20.2. The Morgan fingerprint density at radius 2 is 1.26 bits per heavy atom. The minimum atomic E-state index is -2.31. The van der Waals surface area contributed by atoms with Crippen molar-refractivity contribution in [1.82, 2.24) is 0 Å². The van der Waals surface area contributed by atoms with E-state index in [2.05, 4.69) is 58.9 Å². The van der Waals surface area contributed by atoms with Crippen LogP contribution in [-0.4, -0.2) is 38.7 Å². The summed E-state index contributed by atoms with van der Waals surface area (Å²) in [5.41, 5.74) is 1.32. The van der Waals surface area contributed by atoms with Gasteiger partial charge in [0.1, 0.15) is 0 Å². The van der Waals surface area contributed by atoms with E-state index in [1.807, 2.05) is 0 Å². The molecule has 1 aromatic carbocycles. The molecule has 0 N–H and O–H groups in total. The number of hydrogen-bond acceptors (Lipinski definition) is 2. The Bertz CT molecular complexity index is 512. The van der Waals surface area contributed by atoms with Crippen LogP contribution < -0.4 is 9.04 Å². The van der Waals surface area contributed by atoms with Gasteiger partial charge in [-0.25, -0.2) is 0 Å². The number of benzene rings is 1. The van der Waals surface area contributed by atoms with Crippen LogP contribution in [0.2, 0.25) is 13.3 Å². The molecule has 1 aliphatic heterocycles. The van der Waals surface area contributed by atoms with Gasteiger partial charge in [-0.05, 0) is 0 Å². The summed E-state index contributed by atoms with van der Waals surface area (Å²) in [7, 11) is -0.182.